The van der Waals surface area contributed by atoms with Gasteiger partial charge in [-0.2, -0.15) is 0 Å². The molecule has 0 aromatic rings. The topological polar surface area (TPSA) is 52.6 Å². The highest BCUT2D eigenvalue weighted by molar-refractivity contribution is 7.91. The van der Waals surface area contributed by atoms with Gasteiger partial charge in [0.25, 0.3) is 0 Å². The third-order valence-electron chi connectivity index (χ3n) is 5.75. The van der Waals surface area contributed by atoms with Gasteiger partial charge in [0, 0.05) is 38.3 Å². The predicted octanol–water partition coefficient (Wildman–Crippen LogP) is 1.24. The van der Waals surface area contributed by atoms with Crippen LogP contribution in [0.5, 0.6) is 0 Å². The first-order valence-corrected chi connectivity index (χ1v) is 11.2. The molecule has 3 rings (SSSR count). The highest BCUT2D eigenvalue weighted by atomic mass is 32.2. The average molecular weight is 360 g/mol. The van der Waals surface area contributed by atoms with Gasteiger partial charge in [-0.25, -0.2) is 8.42 Å². The van der Waals surface area contributed by atoms with E-state index in [9.17, 15) is 8.42 Å². The van der Waals surface area contributed by atoms with Crippen LogP contribution in [0.3, 0.4) is 0 Å². The van der Waals surface area contributed by atoms with E-state index in [1.807, 2.05) is 0 Å². The predicted molar refractivity (Wildman–Crippen MR) is 97.4 cm³/mol. The lowest BCUT2D eigenvalue weighted by Crippen LogP contribution is -2.56. The summed E-state index contributed by atoms with van der Waals surface area (Å²) in [6.45, 7) is 5.97. The Balaban J connectivity index is 1.46. The van der Waals surface area contributed by atoms with Crippen LogP contribution in [0.25, 0.3) is 0 Å². The van der Waals surface area contributed by atoms with Crippen molar-refractivity contribution in [1.82, 2.24) is 15.1 Å². The van der Waals surface area contributed by atoms with Crippen molar-refractivity contribution < 1.29 is 8.42 Å². The minimum Gasteiger partial charge on any atom is -0.360 e. The number of hydrogen-bond acceptors (Lipinski definition) is 4. The molecule has 5 nitrogen and oxygen atoms in total. The van der Waals surface area contributed by atoms with E-state index in [4.69, 9.17) is 12.2 Å². The van der Waals surface area contributed by atoms with Crippen molar-refractivity contribution in [3.8, 4) is 0 Å². The zero-order chi connectivity index (χ0) is 16.4. The Bertz CT molecular complexity index is 529. The molecule has 0 bridgehead atoms. The normalized spacial score (nSPS) is 35.2. The SMILES string of the molecule is C[C@H]1CCCC[C@H]1NC(=S)N1CCN([C@@H]2CCS(=O)(=O)C2)CC1. The summed E-state index contributed by atoms with van der Waals surface area (Å²) >= 11 is 5.62. The van der Waals surface area contributed by atoms with E-state index in [0.29, 0.717) is 23.5 Å². The number of nitrogens with one attached hydrogen (secondary N) is 1. The molecule has 2 saturated heterocycles. The third kappa shape index (κ3) is 4.37. The monoisotopic (exact) mass is 359 g/mol. The molecule has 0 radical (unpaired) electrons. The zero-order valence-electron chi connectivity index (χ0n) is 14.0. The molecule has 3 atom stereocenters. The largest absolute Gasteiger partial charge is 0.360 e. The lowest BCUT2D eigenvalue weighted by atomic mass is 9.86. The molecular weight excluding hydrogens is 330 g/mol. The summed E-state index contributed by atoms with van der Waals surface area (Å²) in [6.07, 6.45) is 5.96. The summed E-state index contributed by atoms with van der Waals surface area (Å²) in [5, 5.41) is 4.47. The van der Waals surface area contributed by atoms with Gasteiger partial charge in [0.1, 0.15) is 0 Å². The summed E-state index contributed by atoms with van der Waals surface area (Å²) in [7, 11) is -2.79. The van der Waals surface area contributed by atoms with Gasteiger partial charge >= 0.3 is 0 Å². The molecule has 2 heterocycles. The molecule has 7 heteroatoms. The van der Waals surface area contributed by atoms with Crippen molar-refractivity contribution in [3.63, 3.8) is 0 Å². The lowest BCUT2D eigenvalue weighted by molar-refractivity contribution is 0.141. The number of nitrogens with zero attached hydrogens (tertiary/aromatic N) is 2. The summed E-state index contributed by atoms with van der Waals surface area (Å²) in [5.41, 5.74) is 0. The van der Waals surface area contributed by atoms with Crippen molar-refractivity contribution in [2.75, 3.05) is 37.7 Å². The van der Waals surface area contributed by atoms with Crippen LogP contribution in [0.2, 0.25) is 0 Å². The van der Waals surface area contributed by atoms with Crippen molar-refractivity contribution in [3.05, 3.63) is 0 Å². The zero-order valence-corrected chi connectivity index (χ0v) is 15.7. The van der Waals surface area contributed by atoms with Crippen LogP contribution >= 0.6 is 12.2 Å². The Morgan fingerprint density at radius 2 is 1.78 bits per heavy atom. The van der Waals surface area contributed by atoms with Crippen LogP contribution in [-0.2, 0) is 9.84 Å². The Kier molecular flexibility index (Phi) is 5.48. The van der Waals surface area contributed by atoms with Crippen LogP contribution in [0.1, 0.15) is 39.0 Å². The van der Waals surface area contributed by atoms with Crippen LogP contribution in [0, 0.1) is 5.92 Å². The molecule has 1 saturated carbocycles. The van der Waals surface area contributed by atoms with E-state index in [1.54, 1.807) is 0 Å². The van der Waals surface area contributed by atoms with E-state index < -0.39 is 9.84 Å². The van der Waals surface area contributed by atoms with Gasteiger partial charge in [0.05, 0.1) is 11.5 Å². The molecule has 1 aliphatic carbocycles. The fourth-order valence-electron chi connectivity index (χ4n) is 4.13. The number of piperazine rings is 1. The molecule has 132 valence electrons. The molecule has 0 aromatic heterocycles. The highest BCUT2D eigenvalue weighted by Crippen LogP contribution is 2.24. The van der Waals surface area contributed by atoms with Crippen molar-refractivity contribution in [2.45, 2.75) is 51.1 Å². The van der Waals surface area contributed by atoms with E-state index in [-0.39, 0.29) is 6.04 Å². The Hall–Kier alpha value is -0.400. The van der Waals surface area contributed by atoms with Gasteiger partial charge in [0.15, 0.2) is 14.9 Å². The summed E-state index contributed by atoms with van der Waals surface area (Å²) in [4.78, 5) is 4.60. The number of thiocarbonyl (C=S) groups is 1. The van der Waals surface area contributed by atoms with Crippen LogP contribution in [-0.4, -0.2) is 73.1 Å². The lowest BCUT2D eigenvalue weighted by Gasteiger charge is -2.40. The maximum absolute atomic E-state index is 11.6. The second kappa shape index (κ2) is 7.23. The summed E-state index contributed by atoms with van der Waals surface area (Å²) < 4.78 is 23.3. The van der Waals surface area contributed by atoms with Crippen molar-refractivity contribution in [1.29, 1.82) is 0 Å². The number of hydrogen-bond donors (Lipinski definition) is 1. The van der Waals surface area contributed by atoms with Gasteiger partial charge < -0.3 is 10.2 Å². The van der Waals surface area contributed by atoms with Gasteiger partial charge in [-0.15, -0.1) is 0 Å². The highest BCUT2D eigenvalue weighted by Gasteiger charge is 2.34. The molecule has 0 amide bonds. The Morgan fingerprint density at radius 1 is 1.09 bits per heavy atom. The van der Waals surface area contributed by atoms with Gasteiger partial charge in [-0.1, -0.05) is 19.8 Å². The van der Waals surface area contributed by atoms with E-state index in [0.717, 1.165) is 37.7 Å². The maximum atomic E-state index is 11.6. The van der Waals surface area contributed by atoms with Crippen LogP contribution in [0.4, 0.5) is 0 Å². The Labute approximate surface area is 145 Å². The van der Waals surface area contributed by atoms with Crippen molar-refractivity contribution >= 4 is 27.2 Å². The summed E-state index contributed by atoms with van der Waals surface area (Å²) in [5.74, 6) is 1.40. The molecule has 0 spiro atoms. The van der Waals surface area contributed by atoms with Gasteiger partial charge in [0.2, 0.25) is 0 Å². The molecule has 1 N–H and O–H groups in total. The van der Waals surface area contributed by atoms with Gasteiger partial charge in [-0.3, -0.25) is 4.90 Å². The van der Waals surface area contributed by atoms with E-state index in [2.05, 4.69) is 22.0 Å². The van der Waals surface area contributed by atoms with E-state index in [1.165, 1.54) is 25.7 Å². The maximum Gasteiger partial charge on any atom is 0.169 e. The average Bonchev–Trinajstić information content (AvgIpc) is 2.90. The van der Waals surface area contributed by atoms with Crippen LogP contribution < -0.4 is 5.32 Å². The number of sulfone groups is 1. The standard InChI is InChI=1S/C16H29N3O2S2/c1-13-4-2-3-5-15(13)17-16(22)19-9-7-18(8-10-19)14-6-11-23(20,21)12-14/h13-15H,2-12H2,1H3,(H,17,22)/t13-,14+,15+/m0/s1. The minimum absolute atomic E-state index is 0.224. The van der Waals surface area contributed by atoms with Crippen molar-refractivity contribution in [2.24, 2.45) is 5.92 Å². The molecule has 0 unspecified atom stereocenters. The first kappa shape index (κ1) is 17.4. The quantitative estimate of drug-likeness (QED) is 0.749. The Morgan fingerprint density at radius 3 is 2.39 bits per heavy atom. The first-order valence-electron chi connectivity index (χ1n) is 8.94. The molecule has 0 aromatic carbocycles. The first-order chi connectivity index (χ1) is 10.9. The molecular formula is C16H29N3O2S2. The molecule has 2 aliphatic heterocycles. The van der Waals surface area contributed by atoms with Gasteiger partial charge in [-0.05, 0) is 37.4 Å². The minimum atomic E-state index is -2.79. The molecule has 3 aliphatic rings. The summed E-state index contributed by atoms with van der Waals surface area (Å²) in [6, 6.07) is 0.747. The smallest absolute Gasteiger partial charge is 0.169 e. The third-order valence-corrected chi connectivity index (χ3v) is 7.87. The second-order valence-electron chi connectivity index (χ2n) is 7.40. The van der Waals surface area contributed by atoms with E-state index >= 15 is 0 Å². The number of rotatable bonds is 2. The fourth-order valence-corrected chi connectivity index (χ4v) is 6.23. The fraction of sp³-hybridized carbons (Fsp3) is 0.938. The second-order valence-corrected chi connectivity index (χ2v) is 10.0. The molecule has 23 heavy (non-hydrogen) atoms. The molecule has 3 fully saturated rings. The van der Waals surface area contributed by atoms with Crippen LogP contribution in [0.15, 0.2) is 0 Å².